The number of rotatable bonds is 6. The van der Waals surface area contributed by atoms with Crippen molar-refractivity contribution in [2.24, 2.45) is 11.7 Å². The Morgan fingerprint density at radius 3 is 2.82 bits per heavy atom. The molecule has 0 aliphatic carbocycles. The lowest BCUT2D eigenvalue weighted by Crippen LogP contribution is -2.39. The number of hydrogen-bond acceptors (Lipinski definition) is 3. The van der Waals surface area contributed by atoms with E-state index in [1.807, 2.05) is 0 Å². The van der Waals surface area contributed by atoms with Crippen molar-refractivity contribution in [1.29, 1.82) is 0 Å². The molecule has 4 nitrogen and oxygen atoms in total. The number of carbonyl (C=O) groups excluding carboxylic acids is 1. The third kappa shape index (κ3) is 6.64. The predicted molar refractivity (Wildman–Crippen MR) is 68.6 cm³/mol. The van der Waals surface area contributed by atoms with Crippen molar-refractivity contribution < 1.29 is 9.53 Å². The number of carbonyl (C=O) groups is 1. The minimum Gasteiger partial charge on any atom is -0.378 e. The SMILES string of the molecule is CC(C)CC(N)CNC(=O)CC1CCCCO1. The maximum Gasteiger partial charge on any atom is 0.222 e. The molecule has 3 N–H and O–H groups in total. The molecule has 0 saturated carbocycles. The Morgan fingerprint density at radius 1 is 1.47 bits per heavy atom. The molecular formula is C13H26N2O2. The molecule has 2 atom stereocenters. The Morgan fingerprint density at radius 2 is 2.24 bits per heavy atom. The van der Waals surface area contributed by atoms with Crippen LogP contribution in [0.5, 0.6) is 0 Å². The Bertz CT molecular complexity index is 225. The minimum absolute atomic E-state index is 0.0613. The van der Waals surface area contributed by atoms with Gasteiger partial charge in [0.2, 0.25) is 5.91 Å². The summed E-state index contributed by atoms with van der Waals surface area (Å²) in [5, 5.41) is 2.89. The average Bonchev–Trinajstić information content (AvgIpc) is 2.27. The summed E-state index contributed by atoms with van der Waals surface area (Å²) in [6.45, 7) is 5.64. The fraction of sp³-hybridized carbons (Fsp3) is 0.923. The number of nitrogens with one attached hydrogen (secondary N) is 1. The molecule has 0 aromatic rings. The van der Waals surface area contributed by atoms with Crippen molar-refractivity contribution in [3.8, 4) is 0 Å². The topological polar surface area (TPSA) is 64.3 Å². The highest BCUT2D eigenvalue weighted by Crippen LogP contribution is 2.15. The zero-order valence-corrected chi connectivity index (χ0v) is 11.1. The maximum absolute atomic E-state index is 11.7. The summed E-state index contributed by atoms with van der Waals surface area (Å²) in [4.78, 5) is 11.7. The van der Waals surface area contributed by atoms with Crippen molar-refractivity contribution in [3.05, 3.63) is 0 Å². The second-order valence-corrected chi connectivity index (χ2v) is 5.39. The summed E-state index contributed by atoms with van der Waals surface area (Å²) < 4.78 is 5.53. The molecule has 17 heavy (non-hydrogen) atoms. The molecule has 1 amide bonds. The summed E-state index contributed by atoms with van der Waals surface area (Å²) in [7, 11) is 0. The molecule has 2 unspecified atom stereocenters. The Labute approximate surface area is 104 Å². The minimum atomic E-state index is 0.0613. The third-order valence-electron chi connectivity index (χ3n) is 3.02. The zero-order chi connectivity index (χ0) is 12.7. The first-order valence-electron chi connectivity index (χ1n) is 6.71. The van der Waals surface area contributed by atoms with Crippen LogP contribution in [0.1, 0.15) is 46.0 Å². The van der Waals surface area contributed by atoms with E-state index in [-0.39, 0.29) is 18.1 Å². The molecule has 0 aromatic heterocycles. The first kappa shape index (κ1) is 14.5. The van der Waals surface area contributed by atoms with E-state index in [0.717, 1.165) is 25.9 Å². The molecule has 0 aromatic carbocycles. The lowest BCUT2D eigenvalue weighted by molar-refractivity contribution is -0.124. The smallest absolute Gasteiger partial charge is 0.222 e. The lowest BCUT2D eigenvalue weighted by atomic mass is 10.0. The van der Waals surface area contributed by atoms with Crippen LogP contribution in [0.15, 0.2) is 0 Å². The van der Waals surface area contributed by atoms with E-state index in [2.05, 4.69) is 19.2 Å². The van der Waals surface area contributed by atoms with E-state index in [0.29, 0.717) is 18.9 Å². The molecule has 4 heteroatoms. The van der Waals surface area contributed by atoms with E-state index >= 15 is 0 Å². The molecule has 1 aliphatic rings. The molecule has 1 heterocycles. The predicted octanol–water partition coefficient (Wildman–Crippen LogP) is 1.44. The van der Waals surface area contributed by atoms with E-state index in [1.54, 1.807) is 0 Å². The van der Waals surface area contributed by atoms with Crippen LogP contribution in [0.25, 0.3) is 0 Å². The molecule has 0 bridgehead atoms. The maximum atomic E-state index is 11.7. The zero-order valence-electron chi connectivity index (χ0n) is 11.1. The van der Waals surface area contributed by atoms with Crippen LogP contribution >= 0.6 is 0 Å². The highest BCUT2D eigenvalue weighted by molar-refractivity contribution is 5.76. The van der Waals surface area contributed by atoms with Crippen LogP contribution < -0.4 is 11.1 Å². The molecule has 100 valence electrons. The molecular weight excluding hydrogens is 216 g/mol. The van der Waals surface area contributed by atoms with Crippen molar-refractivity contribution in [1.82, 2.24) is 5.32 Å². The van der Waals surface area contributed by atoms with Gasteiger partial charge in [-0.3, -0.25) is 4.79 Å². The quantitative estimate of drug-likeness (QED) is 0.740. The highest BCUT2D eigenvalue weighted by Gasteiger charge is 2.17. The van der Waals surface area contributed by atoms with Crippen LogP contribution in [0.4, 0.5) is 0 Å². The second-order valence-electron chi connectivity index (χ2n) is 5.39. The van der Waals surface area contributed by atoms with Crippen LogP contribution in [0, 0.1) is 5.92 Å². The summed E-state index contributed by atoms with van der Waals surface area (Å²) in [5.74, 6) is 0.639. The van der Waals surface area contributed by atoms with Gasteiger partial charge in [-0.15, -0.1) is 0 Å². The van der Waals surface area contributed by atoms with Crippen LogP contribution in [-0.2, 0) is 9.53 Å². The largest absolute Gasteiger partial charge is 0.378 e. The molecule has 1 fully saturated rings. The van der Waals surface area contributed by atoms with Gasteiger partial charge in [0.05, 0.1) is 12.5 Å². The van der Waals surface area contributed by atoms with E-state index in [9.17, 15) is 4.79 Å². The van der Waals surface area contributed by atoms with Crippen LogP contribution in [0.2, 0.25) is 0 Å². The molecule has 0 radical (unpaired) electrons. The lowest BCUT2D eigenvalue weighted by Gasteiger charge is -2.22. The highest BCUT2D eigenvalue weighted by atomic mass is 16.5. The Balaban J connectivity index is 2.11. The van der Waals surface area contributed by atoms with Gasteiger partial charge in [-0.2, -0.15) is 0 Å². The number of amides is 1. The van der Waals surface area contributed by atoms with Crippen molar-refractivity contribution in [3.63, 3.8) is 0 Å². The second kappa shape index (κ2) is 7.67. The first-order valence-corrected chi connectivity index (χ1v) is 6.71. The monoisotopic (exact) mass is 242 g/mol. The number of ether oxygens (including phenoxy) is 1. The van der Waals surface area contributed by atoms with Crippen LogP contribution in [-0.4, -0.2) is 31.2 Å². The van der Waals surface area contributed by atoms with Gasteiger partial charge in [0.25, 0.3) is 0 Å². The van der Waals surface area contributed by atoms with Gasteiger partial charge in [0.1, 0.15) is 0 Å². The fourth-order valence-corrected chi connectivity index (χ4v) is 2.18. The summed E-state index contributed by atoms with van der Waals surface area (Å²) in [6, 6.07) is 0.0613. The summed E-state index contributed by atoms with van der Waals surface area (Å²) in [6.07, 6.45) is 4.84. The van der Waals surface area contributed by atoms with Gasteiger partial charge in [0.15, 0.2) is 0 Å². The normalized spacial score (nSPS) is 22.5. The Kier molecular flexibility index (Phi) is 6.52. The molecule has 1 rings (SSSR count). The van der Waals surface area contributed by atoms with Crippen LogP contribution in [0.3, 0.4) is 0 Å². The van der Waals surface area contributed by atoms with Crippen molar-refractivity contribution in [2.45, 2.75) is 58.1 Å². The van der Waals surface area contributed by atoms with E-state index < -0.39 is 0 Å². The summed E-state index contributed by atoms with van der Waals surface area (Å²) >= 11 is 0. The summed E-state index contributed by atoms with van der Waals surface area (Å²) in [5.41, 5.74) is 5.91. The number of nitrogens with two attached hydrogens (primary N) is 1. The van der Waals surface area contributed by atoms with Gasteiger partial charge in [-0.1, -0.05) is 13.8 Å². The van der Waals surface area contributed by atoms with Crippen molar-refractivity contribution >= 4 is 5.91 Å². The van der Waals surface area contributed by atoms with Gasteiger partial charge in [-0.25, -0.2) is 0 Å². The molecule has 0 spiro atoms. The standard InChI is InChI=1S/C13H26N2O2/c1-10(2)7-11(14)9-15-13(16)8-12-5-3-4-6-17-12/h10-12H,3-9,14H2,1-2H3,(H,15,16). The average molecular weight is 242 g/mol. The van der Waals surface area contributed by atoms with Gasteiger partial charge in [0, 0.05) is 19.2 Å². The Hall–Kier alpha value is -0.610. The number of hydrogen-bond donors (Lipinski definition) is 2. The fourth-order valence-electron chi connectivity index (χ4n) is 2.18. The van der Waals surface area contributed by atoms with E-state index in [4.69, 9.17) is 10.5 Å². The molecule has 1 aliphatic heterocycles. The van der Waals surface area contributed by atoms with Gasteiger partial charge in [-0.05, 0) is 31.6 Å². The third-order valence-corrected chi connectivity index (χ3v) is 3.02. The van der Waals surface area contributed by atoms with E-state index in [1.165, 1.54) is 6.42 Å². The first-order chi connectivity index (χ1) is 8.08. The van der Waals surface area contributed by atoms with Crippen molar-refractivity contribution in [2.75, 3.05) is 13.2 Å². The van der Waals surface area contributed by atoms with Gasteiger partial charge >= 0.3 is 0 Å². The van der Waals surface area contributed by atoms with Gasteiger partial charge < -0.3 is 15.8 Å². The molecule has 1 saturated heterocycles.